The van der Waals surface area contributed by atoms with Gasteiger partial charge in [0.1, 0.15) is 11.3 Å². The highest BCUT2D eigenvalue weighted by atomic mass is 32.2. The van der Waals surface area contributed by atoms with E-state index in [1.807, 2.05) is 38.5 Å². The Labute approximate surface area is 196 Å². The van der Waals surface area contributed by atoms with E-state index >= 15 is 0 Å². The molecule has 2 aromatic carbocycles. The molecule has 0 aliphatic heterocycles. The molecule has 0 fully saturated rings. The van der Waals surface area contributed by atoms with Crippen LogP contribution in [0, 0.1) is 12.7 Å². The topological polar surface area (TPSA) is 89.2 Å². The molecule has 0 unspecified atom stereocenters. The Morgan fingerprint density at radius 1 is 1.09 bits per heavy atom. The summed E-state index contributed by atoms with van der Waals surface area (Å²) >= 11 is 0. The van der Waals surface area contributed by atoms with E-state index < -0.39 is 10.0 Å². The average Bonchev–Trinajstić information content (AvgIpc) is 3.30. The molecule has 0 spiro atoms. The Kier molecular flexibility index (Phi) is 5.09. The minimum absolute atomic E-state index is 0.0785. The molecule has 5 aromatic rings. The van der Waals surface area contributed by atoms with Crippen molar-refractivity contribution >= 4 is 37.5 Å². The second-order valence-electron chi connectivity index (χ2n) is 8.53. The second kappa shape index (κ2) is 7.88. The minimum atomic E-state index is -3.49. The molecular weight excluding hydrogens is 455 g/mol. The molecule has 5 rings (SSSR count). The zero-order valence-electron chi connectivity index (χ0n) is 18.9. The van der Waals surface area contributed by atoms with Crippen LogP contribution in [0.2, 0.25) is 0 Å². The summed E-state index contributed by atoms with van der Waals surface area (Å²) in [5.74, 6) is -0.356. The van der Waals surface area contributed by atoms with Gasteiger partial charge < -0.3 is 14.2 Å². The first-order valence-electron chi connectivity index (χ1n) is 10.6. The third kappa shape index (κ3) is 3.88. The SMILES string of the molecule is Cc1cc(F)ccc1Cn1ccc2cc(NS(C)(=O)=O)cc(-c3cn(C)c4c(O)nccc34)c21. The van der Waals surface area contributed by atoms with Crippen molar-refractivity contribution in [1.82, 2.24) is 14.1 Å². The zero-order chi connectivity index (χ0) is 24.2. The molecule has 0 radical (unpaired) electrons. The largest absolute Gasteiger partial charge is 0.492 e. The molecule has 174 valence electrons. The highest BCUT2D eigenvalue weighted by Gasteiger charge is 2.19. The van der Waals surface area contributed by atoms with Gasteiger partial charge in [0.05, 0.1) is 11.8 Å². The number of halogens is 1. The third-order valence-corrected chi connectivity index (χ3v) is 6.58. The maximum atomic E-state index is 13.6. The molecule has 0 aliphatic rings. The number of pyridine rings is 1. The van der Waals surface area contributed by atoms with E-state index in [4.69, 9.17) is 0 Å². The number of aromatic hydroxyl groups is 1. The molecule has 3 heterocycles. The van der Waals surface area contributed by atoms with Crippen LogP contribution < -0.4 is 4.72 Å². The first-order valence-corrected chi connectivity index (χ1v) is 12.5. The zero-order valence-corrected chi connectivity index (χ0v) is 19.7. The fraction of sp³-hybridized carbons (Fsp3) is 0.160. The number of hydrogen-bond acceptors (Lipinski definition) is 4. The van der Waals surface area contributed by atoms with Gasteiger partial charge >= 0.3 is 0 Å². The molecule has 34 heavy (non-hydrogen) atoms. The molecule has 0 atom stereocenters. The first-order chi connectivity index (χ1) is 16.1. The second-order valence-corrected chi connectivity index (χ2v) is 10.3. The minimum Gasteiger partial charge on any atom is -0.492 e. The predicted molar refractivity (Wildman–Crippen MR) is 132 cm³/mol. The van der Waals surface area contributed by atoms with Crippen LogP contribution >= 0.6 is 0 Å². The molecule has 9 heteroatoms. The lowest BCUT2D eigenvalue weighted by Gasteiger charge is -2.14. The molecular formula is C25H23FN4O3S. The van der Waals surface area contributed by atoms with Gasteiger partial charge in [-0.05, 0) is 54.4 Å². The standard InChI is InChI=1S/C25H23FN4O3S/c1-15-10-18(26)5-4-17(15)13-30-9-7-16-11-19(28-34(3,32)33)12-21(23(16)30)22-14-29(2)24-20(22)6-8-27-25(24)31/h4-12,14,28H,13H2,1-3H3,(H,27,31). The average molecular weight is 479 g/mol. The van der Waals surface area contributed by atoms with E-state index in [2.05, 4.69) is 14.3 Å². The Morgan fingerprint density at radius 3 is 2.62 bits per heavy atom. The molecule has 0 aliphatic carbocycles. The van der Waals surface area contributed by atoms with Crippen LogP contribution in [0.25, 0.3) is 32.9 Å². The van der Waals surface area contributed by atoms with Crippen LogP contribution in [0.15, 0.2) is 61.1 Å². The van der Waals surface area contributed by atoms with Crippen molar-refractivity contribution in [3.8, 4) is 17.0 Å². The lowest BCUT2D eigenvalue weighted by Crippen LogP contribution is -2.09. The van der Waals surface area contributed by atoms with E-state index in [9.17, 15) is 17.9 Å². The van der Waals surface area contributed by atoms with E-state index in [0.717, 1.165) is 44.8 Å². The maximum absolute atomic E-state index is 13.6. The Morgan fingerprint density at radius 2 is 1.88 bits per heavy atom. The Hall–Kier alpha value is -3.85. The van der Waals surface area contributed by atoms with Gasteiger partial charge in [0.2, 0.25) is 15.9 Å². The first kappa shape index (κ1) is 22.0. The van der Waals surface area contributed by atoms with Crippen LogP contribution in [0.5, 0.6) is 5.88 Å². The van der Waals surface area contributed by atoms with Crippen LogP contribution in [-0.2, 0) is 23.6 Å². The smallest absolute Gasteiger partial charge is 0.236 e. The van der Waals surface area contributed by atoms with E-state index in [0.29, 0.717) is 17.7 Å². The molecule has 0 amide bonds. The van der Waals surface area contributed by atoms with Gasteiger partial charge in [-0.2, -0.15) is 0 Å². The molecule has 2 N–H and O–H groups in total. The number of fused-ring (bicyclic) bond motifs is 2. The number of hydrogen-bond donors (Lipinski definition) is 2. The normalized spacial score (nSPS) is 12.0. The summed E-state index contributed by atoms with van der Waals surface area (Å²) < 4.78 is 44.0. The van der Waals surface area contributed by atoms with Gasteiger partial charge in [0, 0.05) is 59.8 Å². The molecule has 7 nitrogen and oxygen atoms in total. The van der Waals surface area contributed by atoms with Gasteiger partial charge in [0.15, 0.2) is 0 Å². The van der Waals surface area contributed by atoms with Crippen LogP contribution in [-0.4, -0.2) is 33.9 Å². The van der Waals surface area contributed by atoms with Crippen molar-refractivity contribution in [2.45, 2.75) is 13.5 Å². The number of nitrogens with one attached hydrogen (secondary N) is 1. The summed E-state index contributed by atoms with van der Waals surface area (Å²) in [5, 5.41) is 12.0. The van der Waals surface area contributed by atoms with Gasteiger partial charge in [-0.15, -0.1) is 0 Å². The number of nitrogens with zero attached hydrogens (tertiary/aromatic N) is 3. The van der Waals surface area contributed by atoms with Crippen molar-refractivity contribution in [2.24, 2.45) is 7.05 Å². The summed E-state index contributed by atoms with van der Waals surface area (Å²) in [5.41, 5.74) is 5.36. The summed E-state index contributed by atoms with van der Waals surface area (Å²) in [6, 6.07) is 12.1. The van der Waals surface area contributed by atoms with E-state index in [-0.39, 0.29) is 11.7 Å². The summed E-state index contributed by atoms with van der Waals surface area (Å²) in [4.78, 5) is 3.99. The van der Waals surface area contributed by atoms with Gasteiger partial charge in [-0.1, -0.05) is 6.07 Å². The number of sulfonamides is 1. The van der Waals surface area contributed by atoms with Gasteiger partial charge in [0.25, 0.3) is 0 Å². The highest BCUT2D eigenvalue weighted by molar-refractivity contribution is 7.92. The summed E-state index contributed by atoms with van der Waals surface area (Å²) in [7, 11) is -1.66. The molecule has 0 bridgehead atoms. The quantitative estimate of drug-likeness (QED) is 0.381. The highest BCUT2D eigenvalue weighted by Crippen LogP contribution is 2.39. The van der Waals surface area contributed by atoms with Crippen LogP contribution in [0.1, 0.15) is 11.1 Å². The van der Waals surface area contributed by atoms with Crippen LogP contribution in [0.3, 0.4) is 0 Å². The molecule has 0 saturated carbocycles. The fourth-order valence-electron chi connectivity index (χ4n) is 4.53. The lowest BCUT2D eigenvalue weighted by atomic mass is 10.0. The van der Waals surface area contributed by atoms with E-state index in [1.54, 1.807) is 22.8 Å². The lowest BCUT2D eigenvalue weighted by molar-refractivity contribution is 0.457. The summed E-state index contributed by atoms with van der Waals surface area (Å²) in [6.45, 7) is 2.39. The number of aromatic nitrogens is 3. The number of benzene rings is 2. The van der Waals surface area contributed by atoms with Crippen molar-refractivity contribution in [3.05, 3.63) is 78.0 Å². The number of rotatable bonds is 5. The number of aryl methyl sites for hydroxylation is 2. The Balaban J connectivity index is 1.78. The van der Waals surface area contributed by atoms with E-state index in [1.165, 1.54) is 18.3 Å². The van der Waals surface area contributed by atoms with Gasteiger partial charge in [-0.3, -0.25) is 4.72 Å². The Bertz CT molecular complexity index is 1690. The fourth-order valence-corrected chi connectivity index (χ4v) is 5.08. The van der Waals surface area contributed by atoms with Gasteiger partial charge in [-0.25, -0.2) is 17.8 Å². The maximum Gasteiger partial charge on any atom is 0.236 e. The molecule has 0 saturated heterocycles. The summed E-state index contributed by atoms with van der Waals surface area (Å²) in [6.07, 6.45) is 6.48. The van der Waals surface area contributed by atoms with Crippen LogP contribution in [0.4, 0.5) is 10.1 Å². The van der Waals surface area contributed by atoms with Crippen molar-refractivity contribution < 1.29 is 17.9 Å². The van der Waals surface area contributed by atoms with Crippen molar-refractivity contribution in [2.75, 3.05) is 11.0 Å². The third-order valence-electron chi connectivity index (χ3n) is 5.97. The predicted octanol–water partition coefficient (Wildman–Crippen LogP) is 4.77. The molecule has 3 aromatic heterocycles. The number of anilines is 1. The van der Waals surface area contributed by atoms with Crippen molar-refractivity contribution in [1.29, 1.82) is 0 Å². The monoisotopic (exact) mass is 478 g/mol. The van der Waals surface area contributed by atoms with Crippen molar-refractivity contribution in [3.63, 3.8) is 0 Å².